The lowest BCUT2D eigenvalue weighted by atomic mass is 10.2. The van der Waals surface area contributed by atoms with Crippen molar-refractivity contribution < 1.29 is 9.84 Å². The quantitative estimate of drug-likeness (QED) is 0.770. The molecule has 66 valence electrons. The maximum absolute atomic E-state index is 8.50. The van der Waals surface area contributed by atoms with E-state index in [0.29, 0.717) is 12.3 Å². The first-order chi connectivity index (χ1) is 5.77. The molecule has 0 aromatic heterocycles. The van der Waals surface area contributed by atoms with Crippen molar-refractivity contribution in [2.75, 3.05) is 6.79 Å². The van der Waals surface area contributed by atoms with Crippen molar-refractivity contribution in [1.82, 2.24) is 0 Å². The smallest absolute Gasteiger partial charge is 0.186 e. The third-order valence-electron chi connectivity index (χ3n) is 1.45. The van der Waals surface area contributed by atoms with E-state index < -0.39 is 0 Å². The van der Waals surface area contributed by atoms with E-state index in [4.69, 9.17) is 15.6 Å². The minimum atomic E-state index is -0.319. The van der Waals surface area contributed by atoms with Gasteiger partial charge in [0.25, 0.3) is 0 Å². The summed E-state index contributed by atoms with van der Waals surface area (Å²) in [4.78, 5) is 0. The minimum absolute atomic E-state index is 0.319. The normalized spacial score (nSPS) is 9.92. The molecule has 1 rings (SSSR count). The zero-order valence-electron chi connectivity index (χ0n) is 6.46. The predicted molar refractivity (Wildman–Crippen MR) is 49.7 cm³/mol. The van der Waals surface area contributed by atoms with Crippen LogP contribution in [0.1, 0.15) is 5.56 Å². The van der Waals surface area contributed by atoms with E-state index in [9.17, 15) is 0 Å². The Morgan fingerprint density at radius 2 is 2.25 bits per heavy atom. The molecule has 0 aliphatic carbocycles. The molecular formula is C8H10BrNO2. The molecule has 3 nitrogen and oxygen atoms in total. The van der Waals surface area contributed by atoms with E-state index in [1.165, 1.54) is 0 Å². The molecule has 1 aromatic rings. The van der Waals surface area contributed by atoms with Gasteiger partial charge in [0.05, 0.1) is 4.47 Å². The van der Waals surface area contributed by atoms with Gasteiger partial charge in [0.2, 0.25) is 0 Å². The largest absolute Gasteiger partial charge is 0.467 e. The number of aliphatic hydroxyl groups is 1. The Kier molecular flexibility index (Phi) is 3.52. The Hall–Kier alpha value is -0.580. The molecule has 0 radical (unpaired) electrons. The summed E-state index contributed by atoms with van der Waals surface area (Å²) in [6.07, 6.45) is 0. The Morgan fingerprint density at radius 1 is 1.50 bits per heavy atom. The van der Waals surface area contributed by atoms with Crippen LogP contribution in [-0.2, 0) is 6.54 Å². The summed E-state index contributed by atoms with van der Waals surface area (Å²) in [5.41, 5.74) is 6.45. The van der Waals surface area contributed by atoms with Crippen LogP contribution >= 0.6 is 15.9 Å². The first kappa shape index (κ1) is 9.51. The van der Waals surface area contributed by atoms with E-state index in [-0.39, 0.29) is 6.79 Å². The van der Waals surface area contributed by atoms with Crippen molar-refractivity contribution in [1.29, 1.82) is 0 Å². The highest BCUT2D eigenvalue weighted by Gasteiger charge is 2.00. The fourth-order valence-electron chi connectivity index (χ4n) is 0.858. The monoisotopic (exact) mass is 231 g/mol. The van der Waals surface area contributed by atoms with Crippen LogP contribution in [0.25, 0.3) is 0 Å². The fourth-order valence-corrected chi connectivity index (χ4v) is 1.40. The van der Waals surface area contributed by atoms with E-state index in [1.807, 2.05) is 12.1 Å². The highest BCUT2D eigenvalue weighted by atomic mass is 79.9. The number of nitrogens with two attached hydrogens (primary N) is 1. The van der Waals surface area contributed by atoms with Crippen LogP contribution in [0.3, 0.4) is 0 Å². The number of hydrogen-bond acceptors (Lipinski definition) is 3. The summed E-state index contributed by atoms with van der Waals surface area (Å²) in [5, 5.41) is 8.50. The van der Waals surface area contributed by atoms with Gasteiger partial charge in [-0.1, -0.05) is 6.07 Å². The average Bonchev–Trinajstić information content (AvgIpc) is 2.09. The molecule has 0 bridgehead atoms. The number of rotatable bonds is 3. The Labute approximate surface area is 79.3 Å². The molecule has 12 heavy (non-hydrogen) atoms. The molecule has 0 heterocycles. The summed E-state index contributed by atoms with van der Waals surface area (Å²) in [5.74, 6) is 0.620. The molecule has 0 aliphatic rings. The predicted octanol–water partition coefficient (Wildman–Crippen LogP) is 1.24. The van der Waals surface area contributed by atoms with Crippen LogP contribution in [-0.4, -0.2) is 11.9 Å². The van der Waals surface area contributed by atoms with Gasteiger partial charge >= 0.3 is 0 Å². The van der Waals surface area contributed by atoms with Gasteiger partial charge in [0, 0.05) is 6.54 Å². The first-order valence-corrected chi connectivity index (χ1v) is 4.29. The van der Waals surface area contributed by atoms with Gasteiger partial charge in [0.1, 0.15) is 5.75 Å². The highest BCUT2D eigenvalue weighted by Crippen LogP contribution is 2.25. The maximum Gasteiger partial charge on any atom is 0.186 e. The van der Waals surface area contributed by atoms with Gasteiger partial charge in [-0.2, -0.15) is 0 Å². The van der Waals surface area contributed by atoms with E-state index in [0.717, 1.165) is 10.0 Å². The van der Waals surface area contributed by atoms with Crippen molar-refractivity contribution in [2.45, 2.75) is 6.54 Å². The molecule has 3 N–H and O–H groups in total. The molecule has 0 saturated heterocycles. The topological polar surface area (TPSA) is 55.5 Å². The van der Waals surface area contributed by atoms with Gasteiger partial charge in [-0.3, -0.25) is 0 Å². The second kappa shape index (κ2) is 4.45. The van der Waals surface area contributed by atoms with E-state index in [2.05, 4.69) is 15.9 Å². The average molecular weight is 232 g/mol. The van der Waals surface area contributed by atoms with Crippen molar-refractivity contribution in [3.63, 3.8) is 0 Å². The van der Waals surface area contributed by atoms with Crippen LogP contribution in [0.4, 0.5) is 0 Å². The summed E-state index contributed by atoms with van der Waals surface area (Å²) in [6.45, 7) is 0.179. The molecule has 0 aliphatic heterocycles. The number of aliphatic hydroxyl groups excluding tert-OH is 1. The van der Waals surface area contributed by atoms with Crippen molar-refractivity contribution in [3.8, 4) is 5.75 Å². The van der Waals surface area contributed by atoms with Crippen molar-refractivity contribution in [2.24, 2.45) is 5.73 Å². The second-order valence-electron chi connectivity index (χ2n) is 2.24. The SMILES string of the molecule is NCc1ccc(OCO)c(Br)c1. The maximum atomic E-state index is 8.50. The number of hydrogen-bond donors (Lipinski definition) is 2. The molecule has 0 atom stereocenters. The second-order valence-corrected chi connectivity index (χ2v) is 3.10. The van der Waals surface area contributed by atoms with Gasteiger partial charge < -0.3 is 15.6 Å². The number of ether oxygens (including phenoxy) is 1. The molecule has 0 unspecified atom stereocenters. The molecule has 4 heteroatoms. The van der Waals surface area contributed by atoms with Gasteiger partial charge in [-0.25, -0.2) is 0 Å². The summed E-state index contributed by atoms with van der Waals surface area (Å²) in [7, 11) is 0. The Balaban J connectivity index is 2.87. The van der Waals surface area contributed by atoms with Crippen molar-refractivity contribution in [3.05, 3.63) is 28.2 Å². The third-order valence-corrected chi connectivity index (χ3v) is 2.07. The van der Waals surface area contributed by atoms with E-state index in [1.54, 1.807) is 6.07 Å². The van der Waals surface area contributed by atoms with Crippen LogP contribution < -0.4 is 10.5 Å². The number of benzene rings is 1. The lowest BCUT2D eigenvalue weighted by Crippen LogP contribution is -1.98. The van der Waals surface area contributed by atoms with Crippen LogP contribution in [0, 0.1) is 0 Å². The molecule has 0 amide bonds. The standard InChI is InChI=1S/C8H10BrNO2/c9-7-3-6(4-10)1-2-8(7)12-5-11/h1-3,11H,4-5,10H2. The minimum Gasteiger partial charge on any atom is -0.467 e. The third kappa shape index (κ3) is 2.20. The summed E-state index contributed by atoms with van der Waals surface area (Å²) >= 11 is 3.30. The Bertz CT molecular complexity index is 265. The summed E-state index contributed by atoms with van der Waals surface area (Å²) in [6, 6.07) is 5.49. The first-order valence-electron chi connectivity index (χ1n) is 3.50. The van der Waals surface area contributed by atoms with Crippen LogP contribution in [0.15, 0.2) is 22.7 Å². The lowest BCUT2D eigenvalue weighted by Gasteiger charge is -2.05. The number of halogens is 1. The molecule has 1 aromatic carbocycles. The molecular weight excluding hydrogens is 222 g/mol. The zero-order chi connectivity index (χ0) is 8.97. The molecule has 0 saturated carbocycles. The van der Waals surface area contributed by atoms with Crippen molar-refractivity contribution >= 4 is 15.9 Å². The zero-order valence-corrected chi connectivity index (χ0v) is 8.04. The van der Waals surface area contributed by atoms with Crippen LogP contribution in [0.5, 0.6) is 5.75 Å². The summed E-state index contributed by atoms with van der Waals surface area (Å²) < 4.78 is 5.71. The van der Waals surface area contributed by atoms with Gasteiger partial charge in [0.15, 0.2) is 6.79 Å². The molecule has 0 fully saturated rings. The lowest BCUT2D eigenvalue weighted by molar-refractivity contribution is 0.0978. The van der Waals surface area contributed by atoms with Gasteiger partial charge in [-0.15, -0.1) is 0 Å². The fraction of sp³-hybridized carbons (Fsp3) is 0.250. The van der Waals surface area contributed by atoms with Gasteiger partial charge in [-0.05, 0) is 33.6 Å². The van der Waals surface area contributed by atoms with Crippen LogP contribution in [0.2, 0.25) is 0 Å². The highest BCUT2D eigenvalue weighted by molar-refractivity contribution is 9.10. The Morgan fingerprint density at radius 3 is 2.75 bits per heavy atom. The van der Waals surface area contributed by atoms with E-state index >= 15 is 0 Å². The molecule has 0 spiro atoms.